The lowest BCUT2D eigenvalue weighted by Crippen LogP contribution is -2.28. The van der Waals surface area contributed by atoms with Gasteiger partial charge in [0.1, 0.15) is 0 Å². The molecule has 1 amide bonds. The summed E-state index contributed by atoms with van der Waals surface area (Å²) in [5.41, 5.74) is 0.408. The number of hydrogen-bond donors (Lipinski definition) is 1. The molecule has 17 heavy (non-hydrogen) atoms. The molecule has 2 heteroatoms. The molecule has 1 atom stereocenters. The minimum absolute atomic E-state index is 0.230. The van der Waals surface area contributed by atoms with Crippen molar-refractivity contribution in [3.8, 4) is 0 Å². The standard InChI is InChI=1S/C15H31NO/c1-5-8-9-10-14(17)16-13-12-15(4,7-3)11-6-2/h5-13H2,1-4H3,(H,16,17). The van der Waals surface area contributed by atoms with E-state index in [0.29, 0.717) is 11.8 Å². The summed E-state index contributed by atoms with van der Waals surface area (Å²) < 4.78 is 0. The fourth-order valence-corrected chi connectivity index (χ4v) is 2.21. The molecule has 0 heterocycles. The Labute approximate surface area is 108 Å². The summed E-state index contributed by atoms with van der Waals surface area (Å²) in [6, 6.07) is 0. The van der Waals surface area contributed by atoms with Crippen LogP contribution in [0.4, 0.5) is 0 Å². The Balaban J connectivity index is 3.69. The van der Waals surface area contributed by atoms with Crippen LogP contribution in [-0.4, -0.2) is 12.5 Å². The van der Waals surface area contributed by atoms with Crippen LogP contribution < -0.4 is 5.32 Å². The van der Waals surface area contributed by atoms with Crippen molar-refractivity contribution < 1.29 is 4.79 Å². The molecule has 0 aromatic carbocycles. The van der Waals surface area contributed by atoms with Gasteiger partial charge < -0.3 is 5.32 Å². The summed E-state index contributed by atoms with van der Waals surface area (Å²) >= 11 is 0. The molecule has 0 aromatic heterocycles. The van der Waals surface area contributed by atoms with E-state index in [1.807, 2.05) is 0 Å². The Morgan fingerprint density at radius 1 is 1.06 bits per heavy atom. The van der Waals surface area contributed by atoms with Gasteiger partial charge in [-0.2, -0.15) is 0 Å². The smallest absolute Gasteiger partial charge is 0.219 e. The lowest BCUT2D eigenvalue weighted by Gasteiger charge is -2.27. The third-order valence-corrected chi connectivity index (χ3v) is 3.77. The van der Waals surface area contributed by atoms with Gasteiger partial charge in [-0.15, -0.1) is 0 Å². The molecular weight excluding hydrogens is 210 g/mol. The van der Waals surface area contributed by atoms with Crippen LogP contribution in [0.15, 0.2) is 0 Å². The molecule has 0 aliphatic rings. The molecular formula is C15H31NO. The first kappa shape index (κ1) is 16.5. The topological polar surface area (TPSA) is 29.1 Å². The number of nitrogens with one attached hydrogen (secondary N) is 1. The van der Waals surface area contributed by atoms with E-state index in [1.54, 1.807) is 0 Å². The van der Waals surface area contributed by atoms with Gasteiger partial charge in [0.05, 0.1) is 0 Å². The van der Waals surface area contributed by atoms with Gasteiger partial charge in [0.25, 0.3) is 0 Å². The van der Waals surface area contributed by atoms with E-state index in [0.717, 1.165) is 25.8 Å². The average molecular weight is 241 g/mol. The van der Waals surface area contributed by atoms with Crippen molar-refractivity contribution in [3.63, 3.8) is 0 Å². The molecule has 0 aliphatic heterocycles. The van der Waals surface area contributed by atoms with Crippen LogP contribution >= 0.6 is 0 Å². The van der Waals surface area contributed by atoms with Gasteiger partial charge in [-0.25, -0.2) is 0 Å². The normalized spacial score (nSPS) is 14.4. The Kier molecular flexibility index (Phi) is 9.20. The summed E-state index contributed by atoms with van der Waals surface area (Å²) in [4.78, 5) is 11.5. The predicted molar refractivity (Wildman–Crippen MR) is 75.1 cm³/mol. The zero-order chi connectivity index (χ0) is 13.1. The molecule has 0 radical (unpaired) electrons. The van der Waals surface area contributed by atoms with Crippen molar-refractivity contribution in [1.29, 1.82) is 0 Å². The van der Waals surface area contributed by atoms with Crippen molar-refractivity contribution in [2.24, 2.45) is 5.41 Å². The second kappa shape index (κ2) is 9.49. The Hall–Kier alpha value is -0.530. The molecule has 1 N–H and O–H groups in total. The zero-order valence-corrected chi connectivity index (χ0v) is 12.3. The molecule has 0 spiro atoms. The molecule has 0 saturated carbocycles. The van der Waals surface area contributed by atoms with Crippen molar-refractivity contribution in [1.82, 2.24) is 5.32 Å². The predicted octanol–water partition coefficient (Wildman–Crippen LogP) is 4.29. The lowest BCUT2D eigenvalue weighted by atomic mass is 9.80. The maximum Gasteiger partial charge on any atom is 0.219 e. The van der Waals surface area contributed by atoms with E-state index < -0.39 is 0 Å². The molecule has 102 valence electrons. The summed E-state index contributed by atoms with van der Waals surface area (Å²) in [7, 11) is 0. The molecule has 2 nitrogen and oxygen atoms in total. The van der Waals surface area contributed by atoms with Crippen LogP contribution in [0.1, 0.15) is 79.1 Å². The van der Waals surface area contributed by atoms with Crippen LogP contribution in [-0.2, 0) is 4.79 Å². The van der Waals surface area contributed by atoms with E-state index in [-0.39, 0.29) is 5.91 Å². The van der Waals surface area contributed by atoms with Crippen molar-refractivity contribution in [2.45, 2.75) is 79.1 Å². The van der Waals surface area contributed by atoms with Gasteiger partial charge in [-0.3, -0.25) is 4.79 Å². The van der Waals surface area contributed by atoms with E-state index in [1.165, 1.54) is 25.7 Å². The van der Waals surface area contributed by atoms with Gasteiger partial charge >= 0.3 is 0 Å². The van der Waals surface area contributed by atoms with Crippen LogP contribution in [0.2, 0.25) is 0 Å². The first-order valence-electron chi connectivity index (χ1n) is 7.34. The Bertz CT molecular complexity index is 203. The third-order valence-electron chi connectivity index (χ3n) is 3.77. The highest BCUT2D eigenvalue weighted by Crippen LogP contribution is 2.30. The van der Waals surface area contributed by atoms with Gasteiger partial charge in [0, 0.05) is 13.0 Å². The number of carbonyl (C=O) groups is 1. The Morgan fingerprint density at radius 2 is 1.76 bits per heavy atom. The second-order valence-corrected chi connectivity index (χ2v) is 5.47. The number of carbonyl (C=O) groups excluding carboxylic acids is 1. The minimum Gasteiger partial charge on any atom is -0.356 e. The summed E-state index contributed by atoms with van der Waals surface area (Å²) in [6.45, 7) is 9.82. The van der Waals surface area contributed by atoms with Crippen LogP contribution in [0, 0.1) is 5.41 Å². The van der Waals surface area contributed by atoms with E-state index in [2.05, 4.69) is 33.0 Å². The van der Waals surface area contributed by atoms with Crippen molar-refractivity contribution in [2.75, 3.05) is 6.54 Å². The van der Waals surface area contributed by atoms with E-state index >= 15 is 0 Å². The van der Waals surface area contributed by atoms with Gasteiger partial charge in [-0.05, 0) is 24.7 Å². The first-order chi connectivity index (χ1) is 8.08. The highest BCUT2D eigenvalue weighted by molar-refractivity contribution is 5.75. The van der Waals surface area contributed by atoms with Crippen molar-refractivity contribution in [3.05, 3.63) is 0 Å². The molecule has 0 aliphatic carbocycles. The highest BCUT2D eigenvalue weighted by Gasteiger charge is 2.20. The Morgan fingerprint density at radius 3 is 2.29 bits per heavy atom. The van der Waals surface area contributed by atoms with Crippen LogP contribution in [0.3, 0.4) is 0 Å². The molecule has 0 bridgehead atoms. The second-order valence-electron chi connectivity index (χ2n) is 5.47. The van der Waals surface area contributed by atoms with Crippen LogP contribution in [0.5, 0.6) is 0 Å². The molecule has 0 aromatic rings. The van der Waals surface area contributed by atoms with E-state index in [9.17, 15) is 4.79 Å². The molecule has 1 unspecified atom stereocenters. The monoisotopic (exact) mass is 241 g/mol. The summed E-state index contributed by atoms with van der Waals surface area (Å²) in [5.74, 6) is 0.230. The number of amides is 1. The fourth-order valence-electron chi connectivity index (χ4n) is 2.21. The number of hydrogen-bond acceptors (Lipinski definition) is 1. The maximum absolute atomic E-state index is 11.5. The SMILES string of the molecule is CCCCCC(=O)NCCC(C)(CC)CCC. The van der Waals surface area contributed by atoms with Crippen LogP contribution in [0.25, 0.3) is 0 Å². The van der Waals surface area contributed by atoms with Crippen molar-refractivity contribution >= 4 is 5.91 Å². The van der Waals surface area contributed by atoms with Gasteiger partial charge in [0.15, 0.2) is 0 Å². The average Bonchev–Trinajstić information content (AvgIpc) is 2.30. The van der Waals surface area contributed by atoms with Gasteiger partial charge in [-0.1, -0.05) is 53.4 Å². The molecule has 0 fully saturated rings. The highest BCUT2D eigenvalue weighted by atomic mass is 16.1. The number of unbranched alkanes of at least 4 members (excludes halogenated alkanes) is 2. The maximum atomic E-state index is 11.5. The summed E-state index contributed by atoms with van der Waals surface area (Å²) in [6.07, 6.45) is 8.87. The fraction of sp³-hybridized carbons (Fsp3) is 0.933. The third kappa shape index (κ3) is 8.23. The minimum atomic E-state index is 0.230. The summed E-state index contributed by atoms with van der Waals surface area (Å²) in [5, 5.41) is 3.05. The zero-order valence-electron chi connectivity index (χ0n) is 12.3. The number of rotatable bonds is 10. The quantitative estimate of drug-likeness (QED) is 0.568. The largest absolute Gasteiger partial charge is 0.356 e. The van der Waals surface area contributed by atoms with E-state index in [4.69, 9.17) is 0 Å². The van der Waals surface area contributed by atoms with Gasteiger partial charge in [0.2, 0.25) is 5.91 Å². The lowest BCUT2D eigenvalue weighted by molar-refractivity contribution is -0.121. The first-order valence-corrected chi connectivity index (χ1v) is 7.34. The molecule has 0 saturated heterocycles. The molecule has 0 rings (SSSR count).